The molecular weight excluding hydrogens is 377 g/mol. The smallest absolute Gasteiger partial charge is 0.207 e. The summed E-state index contributed by atoms with van der Waals surface area (Å²) >= 11 is 4.64. The molecule has 1 heterocycles. The Hall–Kier alpha value is -0.760. The highest BCUT2D eigenvalue weighted by Gasteiger charge is 2.22. The molecule has 1 N–H and O–H groups in total. The predicted octanol–water partition coefficient (Wildman–Crippen LogP) is 4.31. The average molecular weight is 392 g/mol. The van der Waals surface area contributed by atoms with Crippen molar-refractivity contribution in [3.63, 3.8) is 0 Å². The van der Waals surface area contributed by atoms with E-state index in [1.165, 1.54) is 17.4 Å². The summed E-state index contributed by atoms with van der Waals surface area (Å²) in [6, 6.07) is 5.79. The molecule has 1 aromatic heterocycles. The molecule has 2 aromatic rings. The first-order valence-electron chi connectivity index (χ1n) is 6.25. The van der Waals surface area contributed by atoms with Crippen molar-refractivity contribution in [3.05, 3.63) is 49.9 Å². The number of hydrogen-bond acceptors (Lipinski definition) is 3. The highest BCUT2D eigenvalue weighted by Crippen LogP contribution is 2.30. The fourth-order valence-corrected chi connectivity index (χ4v) is 5.59. The fraction of sp³-hybridized carbons (Fsp3) is 0.286. The quantitative estimate of drug-likeness (QED) is 0.843. The minimum atomic E-state index is -3.63. The van der Waals surface area contributed by atoms with Crippen LogP contribution >= 0.6 is 27.3 Å². The molecule has 0 aliphatic rings. The maximum atomic E-state index is 13.6. The molecule has 1 aromatic carbocycles. The lowest BCUT2D eigenvalue weighted by Gasteiger charge is -2.15. The topological polar surface area (TPSA) is 46.2 Å². The summed E-state index contributed by atoms with van der Waals surface area (Å²) in [6.45, 7) is 5.11. The number of hydrogen-bond donors (Lipinski definition) is 1. The second kappa shape index (κ2) is 6.16. The standard InChI is InChI=1S/C14H15BrFNO2S2/c1-8-4-5-11(6-12(8)16)9(2)17-21(18,19)13-7-14(15)20-10(13)3/h4-7,9,17H,1-3H3. The fourth-order valence-electron chi connectivity index (χ4n) is 1.94. The normalized spacial score (nSPS) is 13.4. The molecule has 1 atom stereocenters. The first kappa shape index (κ1) is 16.6. The molecule has 3 nitrogen and oxygen atoms in total. The molecule has 0 bridgehead atoms. The molecule has 7 heteroatoms. The predicted molar refractivity (Wildman–Crippen MR) is 86.6 cm³/mol. The van der Waals surface area contributed by atoms with Crippen molar-refractivity contribution < 1.29 is 12.8 Å². The second-order valence-electron chi connectivity index (χ2n) is 4.82. The minimum absolute atomic E-state index is 0.249. The Morgan fingerprint density at radius 1 is 1.29 bits per heavy atom. The van der Waals surface area contributed by atoms with Gasteiger partial charge in [0.15, 0.2) is 0 Å². The largest absolute Gasteiger partial charge is 0.242 e. The van der Waals surface area contributed by atoms with E-state index in [0.29, 0.717) is 16.0 Å². The number of halogens is 2. The summed E-state index contributed by atoms with van der Waals surface area (Å²) in [5, 5.41) is 0. The lowest BCUT2D eigenvalue weighted by atomic mass is 10.1. The number of benzene rings is 1. The van der Waals surface area contributed by atoms with E-state index < -0.39 is 16.1 Å². The monoisotopic (exact) mass is 391 g/mol. The van der Waals surface area contributed by atoms with Crippen LogP contribution in [0.2, 0.25) is 0 Å². The van der Waals surface area contributed by atoms with Gasteiger partial charge in [-0.1, -0.05) is 12.1 Å². The van der Waals surface area contributed by atoms with E-state index in [9.17, 15) is 12.8 Å². The van der Waals surface area contributed by atoms with Crippen LogP contribution in [0.25, 0.3) is 0 Å². The second-order valence-corrected chi connectivity index (χ2v) is 9.14. The molecule has 0 spiro atoms. The molecule has 1 unspecified atom stereocenters. The molecule has 0 fully saturated rings. The van der Waals surface area contributed by atoms with Crippen LogP contribution in [0.1, 0.15) is 29.0 Å². The van der Waals surface area contributed by atoms with Gasteiger partial charge >= 0.3 is 0 Å². The van der Waals surface area contributed by atoms with Crippen LogP contribution in [0.4, 0.5) is 4.39 Å². The molecule has 0 amide bonds. The highest BCUT2D eigenvalue weighted by molar-refractivity contribution is 9.11. The summed E-state index contributed by atoms with van der Waals surface area (Å²) in [6.07, 6.45) is 0. The van der Waals surface area contributed by atoms with Gasteiger partial charge in [0.1, 0.15) is 5.82 Å². The summed E-state index contributed by atoms with van der Waals surface area (Å²) < 4.78 is 41.7. The molecule has 2 rings (SSSR count). The molecular formula is C14H15BrFNO2S2. The summed E-state index contributed by atoms with van der Waals surface area (Å²) in [5.41, 5.74) is 1.13. The van der Waals surface area contributed by atoms with Crippen LogP contribution in [0.3, 0.4) is 0 Å². The van der Waals surface area contributed by atoms with Crippen molar-refractivity contribution in [2.75, 3.05) is 0 Å². The van der Waals surface area contributed by atoms with Crippen molar-refractivity contribution in [2.45, 2.75) is 31.7 Å². The number of nitrogens with one attached hydrogen (secondary N) is 1. The van der Waals surface area contributed by atoms with Crippen LogP contribution in [0, 0.1) is 19.7 Å². The van der Waals surface area contributed by atoms with E-state index in [-0.39, 0.29) is 10.7 Å². The molecule has 0 saturated carbocycles. The molecule has 0 aliphatic carbocycles. The maximum absolute atomic E-state index is 13.6. The number of aryl methyl sites for hydroxylation is 2. The van der Waals surface area contributed by atoms with E-state index >= 15 is 0 Å². The van der Waals surface area contributed by atoms with E-state index in [2.05, 4.69) is 20.7 Å². The van der Waals surface area contributed by atoms with Crippen molar-refractivity contribution in [2.24, 2.45) is 0 Å². The summed E-state index contributed by atoms with van der Waals surface area (Å²) in [4.78, 5) is 0.954. The van der Waals surface area contributed by atoms with Crippen LogP contribution in [-0.2, 0) is 10.0 Å². The van der Waals surface area contributed by atoms with Crippen LogP contribution in [0.5, 0.6) is 0 Å². The Bertz CT molecular complexity index is 771. The minimum Gasteiger partial charge on any atom is -0.207 e. The number of thiophene rings is 1. The first-order valence-corrected chi connectivity index (χ1v) is 9.34. The van der Waals surface area contributed by atoms with Crippen molar-refractivity contribution >= 4 is 37.3 Å². The molecule has 0 saturated heterocycles. The Balaban J connectivity index is 2.27. The molecule has 0 radical (unpaired) electrons. The van der Waals surface area contributed by atoms with Gasteiger partial charge in [-0.3, -0.25) is 0 Å². The van der Waals surface area contributed by atoms with Gasteiger partial charge in [0.25, 0.3) is 0 Å². The third-order valence-corrected chi connectivity index (χ3v) is 6.51. The number of rotatable bonds is 4. The third-order valence-electron chi connectivity index (χ3n) is 3.16. The van der Waals surface area contributed by atoms with Gasteiger partial charge in [-0.2, -0.15) is 0 Å². The zero-order valence-electron chi connectivity index (χ0n) is 11.8. The zero-order chi connectivity index (χ0) is 15.8. The Labute approximate surface area is 136 Å². The summed E-state index contributed by atoms with van der Waals surface area (Å²) in [5.74, 6) is -0.340. The van der Waals surface area contributed by atoms with Crippen molar-refractivity contribution in [3.8, 4) is 0 Å². The molecule has 21 heavy (non-hydrogen) atoms. The van der Waals surface area contributed by atoms with Gasteiger partial charge in [-0.15, -0.1) is 11.3 Å². The van der Waals surface area contributed by atoms with Gasteiger partial charge < -0.3 is 0 Å². The van der Waals surface area contributed by atoms with Crippen LogP contribution < -0.4 is 4.72 Å². The lowest BCUT2D eigenvalue weighted by Crippen LogP contribution is -2.27. The average Bonchev–Trinajstić information content (AvgIpc) is 2.72. The van der Waals surface area contributed by atoms with E-state index in [1.807, 2.05) is 0 Å². The lowest BCUT2D eigenvalue weighted by molar-refractivity contribution is 0.564. The first-order chi connectivity index (χ1) is 9.70. The zero-order valence-corrected chi connectivity index (χ0v) is 15.0. The Kier molecular flexibility index (Phi) is 4.87. The molecule has 0 aliphatic heterocycles. The van der Waals surface area contributed by atoms with E-state index in [1.54, 1.807) is 39.0 Å². The van der Waals surface area contributed by atoms with Crippen LogP contribution in [0.15, 0.2) is 32.9 Å². The maximum Gasteiger partial charge on any atom is 0.242 e. The van der Waals surface area contributed by atoms with Crippen molar-refractivity contribution in [1.82, 2.24) is 4.72 Å². The van der Waals surface area contributed by atoms with E-state index in [4.69, 9.17) is 0 Å². The molecule has 114 valence electrons. The van der Waals surface area contributed by atoms with Gasteiger partial charge in [0, 0.05) is 10.9 Å². The Morgan fingerprint density at radius 3 is 2.48 bits per heavy atom. The Morgan fingerprint density at radius 2 is 1.95 bits per heavy atom. The van der Waals surface area contributed by atoms with Gasteiger partial charge in [-0.05, 0) is 60.0 Å². The van der Waals surface area contributed by atoms with Gasteiger partial charge in [0.05, 0.1) is 8.68 Å². The summed E-state index contributed by atoms with van der Waals surface area (Å²) in [7, 11) is -3.63. The highest BCUT2D eigenvalue weighted by atomic mass is 79.9. The SMILES string of the molecule is Cc1ccc(C(C)NS(=O)(=O)c2cc(Br)sc2C)cc1F. The van der Waals surface area contributed by atoms with Gasteiger partial charge in [0.2, 0.25) is 10.0 Å². The number of sulfonamides is 1. The van der Waals surface area contributed by atoms with Gasteiger partial charge in [-0.25, -0.2) is 17.5 Å². The van der Waals surface area contributed by atoms with Crippen molar-refractivity contribution in [1.29, 1.82) is 0 Å². The van der Waals surface area contributed by atoms with Crippen LogP contribution in [-0.4, -0.2) is 8.42 Å². The van der Waals surface area contributed by atoms with E-state index in [0.717, 1.165) is 3.79 Å². The third kappa shape index (κ3) is 3.71.